The molecule has 0 spiro atoms. The first-order valence-electron chi connectivity index (χ1n) is 5.11. The predicted octanol–water partition coefficient (Wildman–Crippen LogP) is 0.728. The van der Waals surface area contributed by atoms with Crippen molar-refractivity contribution in [3.8, 4) is 0 Å². The molecular weight excluding hydrogens is 247 g/mol. The molecule has 2 unspecified atom stereocenters. The van der Waals surface area contributed by atoms with E-state index in [4.69, 9.17) is 22.8 Å². The minimum atomic E-state index is -2.39. The van der Waals surface area contributed by atoms with Crippen molar-refractivity contribution in [3.63, 3.8) is 0 Å². The molecule has 0 aromatic rings. The van der Waals surface area contributed by atoms with Crippen LogP contribution < -0.4 is 0 Å². The first kappa shape index (κ1) is 16.4. The van der Waals surface area contributed by atoms with E-state index < -0.39 is 8.80 Å². The summed E-state index contributed by atoms with van der Waals surface area (Å²) in [6.07, 6.45) is 1.22. The molecule has 1 saturated heterocycles. The fourth-order valence-corrected chi connectivity index (χ4v) is 3.02. The number of rotatable bonds is 9. The zero-order chi connectivity index (χ0) is 11.1. The van der Waals surface area contributed by atoms with E-state index in [9.17, 15) is 0 Å². The van der Waals surface area contributed by atoms with Crippen LogP contribution in [0.2, 0.25) is 6.04 Å². The van der Waals surface area contributed by atoms with Crippen molar-refractivity contribution in [1.29, 1.82) is 0 Å². The van der Waals surface area contributed by atoms with Gasteiger partial charge in [0.2, 0.25) is 0 Å². The topological polar surface area (TPSA) is 49.5 Å². The summed E-state index contributed by atoms with van der Waals surface area (Å²) in [6.45, 7) is 2.24. The third-order valence-electron chi connectivity index (χ3n) is 2.41. The average molecular weight is 270 g/mol. The van der Waals surface area contributed by atoms with E-state index in [1.165, 1.54) is 0 Å². The predicted molar refractivity (Wildman–Crippen MR) is 67.9 cm³/mol. The summed E-state index contributed by atoms with van der Waals surface area (Å²) in [7, 11) is 2.48. The monoisotopic (exact) mass is 270 g/mol. The van der Waals surface area contributed by atoms with Crippen LogP contribution in [0.3, 0.4) is 0 Å². The van der Waals surface area contributed by atoms with Crippen LogP contribution in [0.5, 0.6) is 0 Å². The van der Waals surface area contributed by atoms with Gasteiger partial charge < -0.3 is 22.8 Å². The third kappa shape index (κ3) is 5.68. The van der Waals surface area contributed by atoms with Crippen molar-refractivity contribution in [1.82, 2.24) is 0 Å². The highest BCUT2D eigenvalue weighted by Crippen LogP contribution is 2.15. The van der Waals surface area contributed by atoms with Gasteiger partial charge >= 0.3 is 8.80 Å². The summed E-state index contributed by atoms with van der Waals surface area (Å²) in [5, 5.41) is 0. The Balaban J connectivity index is 0.00000225. The Morgan fingerprint density at radius 2 is 1.75 bits per heavy atom. The van der Waals surface area contributed by atoms with Crippen LogP contribution in [0.25, 0.3) is 0 Å². The second-order valence-electron chi connectivity index (χ2n) is 3.43. The Morgan fingerprint density at radius 3 is 2.19 bits per heavy atom. The molecule has 0 radical (unpaired) electrons. The average Bonchev–Trinajstić information content (AvgIpc) is 3.08. The normalized spacial score (nSPS) is 19.3. The Bertz CT molecular complexity index is 167. The summed E-state index contributed by atoms with van der Waals surface area (Å²) in [5.74, 6) is 0. The van der Waals surface area contributed by atoms with E-state index in [0.29, 0.717) is 19.3 Å². The lowest BCUT2D eigenvalue weighted by molar-refractivity contribution is 0.100. The molecule has 1 heterocycles. The molecule has 1 fully saturated rings. The fourth-order valence-electron chi connectivity index (χ4n) is 1.33. The van der Waals surface area contributed by atoms with Crippen molar-refractivity contribution < 1.29 is 22.8 Å². The lowest BCUT2D eigenvalue weighted by Gasteiger charge is -2.24. The van der Waals surface area contributed by atoms with Gasteiger partial charge in [-0.25, -0.2) is 0 Å². The van der Waals surface area contributed by atoms with Gasteiger partial charge in [-0.3, -0.25) is 0 Å². The molecular formula is C9H23O5PSi. The number of hydrogen-bond acceptors (Lipinski definition) is 5. The van der Waals surface area contributed by atoms with Crippen molar-refractivity contribution in [3.05, 3.63) is 0 Å². The fraction of sp³-hybridized carbons (Fsp3) is 1.00. The first-order chi connectivity index (χ1) is 7.26. The molecule has 98 valence electrons. The number of ether oxygens (including phenoxy) is 2. The molecule has 1 aliphatic heterocycles. The van der Waals surface area contributed by atoms with E-state index in [2.05, 4.69) is 0 Å². The Morgan fingerprint density at radius 1 is 1.19 bits per heavy atom. The molecule has 0 aromatic heterocycles. The minimum absolute atomic E-state index is 0. The largest absolute Gasteiger partial charge is 0.500 e. The van der Waals surface area contributed by atoms with Crippen molar-refractivity contribution >= 4 is 18.7 Å². The van der Waals surface area contributed by atoms with Gasteiger partial charge in [0.15, 0.2) is 0 Å². The van der Waals surface area contributed by atoms with Gasteiger partial charge in [0.25, 0.3) is 0 Å². The van der Waals surface area contributed by atoms with Crippen molar-refractivity contribution in [2.75, 3.05) is 41.2 Å². The van der Waals surface area contributed by atoms with Gasteiger partial charge in [0.1, 0.15) is 6.10 Å². The van der Waals surface area contributed by atoms with E-state index in [1.807, 2.05) is 0 Å². The van der Waals surface area contributed by atoms with Gasteiger partial charge in [-0.2, -0.15) is 9.90 Å². The maximum absolute atomic E-state index is 5.42. The first-order valence-corrected chi connectivity index (χ1v) is 7.04. The molecule has 7 heteroatoms. The second kappa shape index (κ2) is 8.52. The van der Waals surface area contributed by atoms with Crippen molar-refractivity contribution in [2.24, 2.45) is 0 Å². The molecule has 0 aromatic carbocycles. The van der Waals surface area contributed by atoms with Crippen LogP contribution in [0.1, 0.15) is 6.42 Å². The number of hydrogen-bond donors (Lipinski definition) is 0. The summed E-state index contributed by atoms with van der Waals surface area (Å²) in [6, 6.07) is 0.780. The van der Waals surface area contributed by atoms with E-state index in [0.717, 1.165) is 19.1 Å². The van der Waals surface area contributed by atoms with E-state index >= 15 is 0 Å². The molecule has 16 heavy (non-hydrogen) atoms. The standard InChI is InChI=1S/C9H20O5Si.H3P/c1-10-15(11-2,12-3)6-4-5-13-7-9-8-14-9;/h9H,4-8H2,1-3H3;1H3. The van der Waals surface area contributed by atoms with E-state index in [1.54, 1.807) is 21.3 Å². The highest BCUT2D eigenvalue weighted by molar-refractivity contribution is 6.92. The smallest absolute Gasteiger partial charge is 0.379 e. The van der Waals surface area contributed by atoms with Gasteiger partial charge in [0.05, 0.1) is 13.2 Å². The Hall–Kier alpha value is 0.447. The van der Waals surface area contributed by atoms with Gasteiger partial charge in [-0.05, 0) is 6.42 Å². The highest BCUT2D eigenvalue weighted by Gasteiger charge is 2.36. The molecule has 2 atom stereocenters. The van der Waals surface area contributed by atoms with Crippen LogP contribution in [0.15, 0.2) is 0 Å². The van der Waals surface area contributed by atoms with Gasteiger partial charge in [0, 0.05) is 34.0 Å². The number of epoxide rings is 1. The SMILES string of the molecule is CO[Si](CCCOCC1CO1)(OC)OC.P. The van der Waals surface area contributed by atoms with Crippen LogP contribution in [-0.2, 0) is 22.8 Å². The van der Waals surface area contributed by atoms with Crippen molar-refractivity contribution in [2.45, 2.75) is 18.6 Å². The zero-order valence-electron chi connectivity index (χ0n) is 10.4. The summed E-state index contributed by atoms with van der Waals surface area (Å²) >= 11 is 0. The Kier molecular flexibility index (Phi) is 8.76. The lowest BCUT2D eigenvalue weighted by Crippen LogP contribution is -2.42. The molecule has 0 bridgehead atoms. The van der Waals surface area contributed by atoms with E-state index in [-0.39, 0.29) is 9.90 Å². The molecule has 0 saturated carbocycles. The summed E-state index contributed by atoms with van der Waals surface area (Å²) in [4.78, 5) is 0. The maximum Gasteiger partial charge on any atom is 0.500 e. The molecule has 0 N–H and O–H groups in total. The van der Waals surface area contributed by atoms with Crippen LogP contribution in [0, 0.1) is 0 Å². The second-order valence-corrected chi connectivity index (χ2v) is 6.52. The summed E-state index contributed by atoms with van der Waals surface area (Å²) in [5.41, 5.74) is 0. The molecule has 1 aliphatic rings. The van der Waals surface area contributed by atoms with Crippen LogP contribution in [0.4, 0.5) is 0 Å². The van der Waals surface area contributed by atoms with Crippen LogP contribution >= 0.6 is 9.90 Å². The zero-order valence-corrected chi connectivity index (χ0v) is 12.8. The minimum Gasteiger partial charge on any atom is -0.379 e. The quantitative estimate of drug-likeness (QED) is 0.267. The summed E-state index contributed by atoms with van der Waals surface area (Å²) < 4.78 is 26.3. The highest BCUT2D eigenvalue weighted by atomic mass is 31.0. The molecule has 1 rings (SSSR count). The third-order valence-corrected chi connectivity index (χ3v) is 5.24. The van der Waals surface area contributed by atoms with Gasteiger partial charge in [-0.15, -0.1) is 0 Å². The Labute approximate surface area is 102 Å². The lowest BCUT2D eigenvalue weighted by atomic mass is 10.5. The molecule has 0 amide bonds. The van der Waals surface area contributed by atoms with Gasteiger partial charge in [-0.1, -0.05) is 0 Å². The molecule has 0 aliphatic carbocycles. The molecule has 5 nitrogen and oxygen atoms in total. The maximum atomic E-state index is 5.42. The van der Waals surface area contributed by atoms with Crippen LogP contribution in [-0.4, -0.2) is 56.1 Å².